The Hall–Kier alpha value is -4.68. The van der Waals surface area contributed by atoms with Crippen molar-refractivity contribution < 1.29 is 24.1 Å². The van der Waals surface area contributed by atoms with Crippen molar-refractivity contribution in [2.75, 3.05) is 43.6 Å². The Morgan fingerprint density at radius 3 is 2.70 bits per heavy atom. The second kappa shape index (κ2) is 15.5. The monoisotopic (exact) mass is 661 g/mol. The maximum atomic E-state index is 14.5. The maximum absolute atomic E-state index is 14.5. The fourth-order valence-electron chi connectivity index (χ4n) is 4.43. The lowest BCUT2D eigenvalue weighted by molar-refractivity contribution is 0.0690. The third-order valence-electron chi connectivity index (χ3n) is 6.66. The van der Waals surface area contributed by atoms with Crippen LogP contribution >= 0.6 is 22.7 Å². The molecule has 0 saturated carbocycles. The number of aromatic carboxylic acids is 1. The molecule has 3 heterocycles. The van der Waals surface area contributed by atoms with Gasteiger partial charge in [0.05, 0.1) is 23.4 Å². The van der Waals surface area contributed by atoms with E-state index in [1.165, 1.54) is 34.8 Å². The fourth-order valence-corrected chi connectivity index (χ4v) is 6.42. The summed E-state index contributed by atoms with van der Waals surface area (Å²) >= 11 is 2.74. The molecule has 4 N–H and O–H groups in total. The maximum Gasteiger partial charge on any atom is 0.355 e. The van der Waals surface area contributed by atoms with Crippen LogP contribution in [0.15, 0.2) is 48.5 Å². The van der Waals surface area contributed by atoms with Crippen LogP contribution in [0.25, 0.3) is 10.2 Å². The Kier molecular flexibility index (Phi) is 11.1. The molecule has 0 aliphatic heterocycles. The molecule has 5 aromatic rings. The van der Waals surface area contributed by atoms with Crippen LogP contribution in [-0.4, -0.2) is 69.7 Å². The SMILES string of the molecule is CNCC#Cc1ccc(OCCCc2sc(N(CCCO)c3cc(C)c(Nc4nc5ccccc5s4)nn3)nc2C(=O)O)c(F)c1. The number of aryl methyl sites for hydroxylation is 2. The molecule has 3 aromatic heterocycles. The van der Waals surface area contributed by atoms with E-state index in [9.17, 15) is 19.4 Å². The standard InChI is InChI=1S/C32H32FN7O4S2/c1-20-18-27(38-39-29(20)37-31-35-23-9-3-4-10-25(23)45-31)40(15-7-16-41)32-36-28(30(42)43)26(46-32)11-6-17-44-24-13-12-21(19-22(24)33)8-5-14-34-2/h3-4,9-10,12-13,18-19,34,41H,6-7,11,14-17H2,1-2H3,(H,42,43)(H,35,37,39). The van der Waals surface area contributed by atoms with Crippen molar-refractivity contribution >= 4 is 60.8 Å². The number of rotatable bonds is 14. The third kappa shape index (κ3) is 8.12. The Bertz CT molecular complexity index is 1850. The lowest BCUT2D eigenvalue weighted by Gasteiger charge is -2.20. The molecule has 0 unspecified atom stereocenters. The molecule has 0 spiro atoms. The number of halogens is 1. The van der Waals surface area contributed by atoms with E-state index in [1.54, 1.807) is 18.0 Å². The Morgan fingerprint density at radius 2 is 1.96 bits per heavy atom. The molecule has 0 amide bonds. The van der Waals surface area contributed by atoms with Gasteiger partial charge in [0.15, 0.2) is 39.2 Å². The first-order chi connectivity index (χ1) is 22.4. The number of aliphatic hydroxyl groups excluding tert-OH is 1. The van der Waals surface area contributed by atoms with Gasteiger partial charge in [0.1, 0.15) is 0 Å². The summed E-state index contributed by atoms with van der Waals surface area (Å²) in [4.78, 5) is 23.4. The largest absolute Gasteiger partial charge is 0.491 e. The van der Waals surface area contributed by atoms with Gasteiger partial charge >= 0.3 is 5.97 Å². The topological polar surface area (TPSA) is 146 Å². The fraction of sp³-hybridized carbons (Fsp3) is 0.281. The molecule has 46 heavy (non-hydrogen) atoms. The van der Waals surface area contributed by atoms with Crippen molar-refractivity contribution in [3.63, 3.8) is 0 Å². The summed E-state index contributed by atoms with van der Waals surface area (Å²) in [6, 6.07) is 14.2. The van der Waals surface area contributed by atoms with Crippen molar-refractivity contribution in [1.29, 1.82) is 0 Å². The Balaban J connectivity index is 1.28. The van der Waals surface area contributed by atoms with E-state index in [1.807, 2.05) is 37.3 Å². The van der Waals surface area contributed by atoms with Crippen LogP contribution in [0.4, 0.5) is 26.3 Å². The molecule has 0 bridgehead atoms. The summed E-state index contributed by atoms with van der Waals surface area (Å²) < 4.78 is 21.2. The van der Waals surface area contributed by atoms with E-state index >= 15 is 0 Å². The van der Waals surface area contributed by atoms with Crippen LogP contribution in [0.1, 0.15) is 39.3 Å². The van der Waals surface area contributed by atoms with Crippen molar-refractivity contribution in [2.45, 2.75) is 26.2 Å². The van der Waals surface area contributed by atoms with Crippen molar-refractivity contribution in [3.05, 3.63) is 76.0 Å². The highest BCUT2D eigenvalue weighted by Crippen LogP contribution is 2.34. The first-order valence-electron chi connectivity index (χ1n) is 14.5. The summed E-state index contributed by atoms with van der Waals surface area (Å²) in [6.45, 7) is 2.84. The molecule has 0 radical (unpaired) electrons. The zero-order valence-corrected chi connectivity index (χ0v) is 26.8. The van der Waals surface area contributed by atoms with Gasteiger partial charge in [0.25, 0.3) is 0 Å². The number of benzene rings is 2. The lowest BCUT2D eigenvalue weighted by atomic mass is 10.2. The number of carboxylic acid groups (broad SMARTS) is 1. The summed E-state index contributed by atoms with van der Waals surface area (Å²) in [7, 11) is 1.78. The Labute approximate surface area is 273 Å². The highest BCUT2D eigenvalue weighted by Gasteiger charge is 2.23. The molecule has 0 aliphatic rings. The van der Waals surface area contributed by atoms with Gasteiger partial charge in [0, 0.05) is 23.6 Å². The van der Waals surface area contributed by atoms with Crippen LogP contribution in [-0.2, 0) is 6.42 Å². The smallest absolute Gasteiger partial charge is 0.355 e. The number of carbonyl (C=O) groups is 1. The number of fused-ring (bicyclic) bond motifs is 1. The summed E-state index contributed by atoms with van der Waals surface area (Å²) in [5.74, 6) is 5.21. The van der Waals surface area contributed by atoms with Crippen molar-refractivity contribution in [1.82, 2.24) is 25.5 Å². The molecule has 0 saturated heterocycles. The second-order valence-corrected chi connectivity index (χ2v) is 12.2. The van der Waals surface area contributed by atoms with Crippen LogP contribution in [0.5, 0.6) is 5.75 Å². The van der Waals surface area contributed by atoms with Gasteiger partial charge in [-0.2, -0.15) is 0 Å². The van der Waals surface area contributed by atoms with Crippen LogP contribution in [0.2, 0.25) is 0 Å². The number of hydrogen-bond acceptors (Lipinski definition) is 12. The number of para-hydroxylation sites is 1. The van der Waals surface area contributed by atoms with Gasteiger partial charge in [-0.15, -0.1) is 21.5 Å². The van der Waals surface area contributed by atoms with Gasteiger partial charge in [-0.1, -0.05) is 35.3 Å². The average Bonchev–Trinajstić information content (AvgIpc) is 3.66. The van der Waals surface area contributed by atoms with E-state index in [-0.39, 0.29) is 24.7 Å². The first-order valence-corrected chi connectivity index (χ1v) is 16.1. The van der Waals surface area contributed by atoms with E-state index in [0.29, 0.717) is 64.7 Å². The van der Waals surface area contributed by atoms with E-state index in [2.05, 4.69) is 42.6 Å². The summed E-state index contributed by atoms with van der Waals surface area (Å²) in [5, 5.41) is 35.5. The van der Waals surface area contributed by atoms with Gasteiger partial charge in [0.2, 0.25) is 0 Å². The van der Waals surface area contributed by atoms with E-state index in [4.69, 9.17) is 4.74 Å². The molecule has 0 aliphatic carbocycles. The number of ether oxygens (including phenoxy) is 1. The van der Waals surface area contributed by atoms with Crippen LogP contribution < -0.4 is 20.3 Å². The minimum absolute atomic E-state index is 0.0662. The molecular formula is C32H32FN7O4S2. The van der Waals surface area contributed by atoms with Crippen LogP contribution in [0.3, 0.4) is 0 Å². The number of anilines is 4. The highest BCUT2D eigenvalue weighted by atomic mass is 32.1. The molecule has 2 aromatic carbocycles. The van der Waals surface area contributed by atoms with E-state index in [0.717, 1.165) is 15.8 Å². The number of aliphatic hydroxyl groups is 1. The zero-order chi connectivity index (χ0) is 32.5. The average molecular weight is 662 g/mol. The predicted molar refractivity (Wildman–Crippen MR) is 178 cm³/mol. The van der Waals surface area contributed by atoms with Gasteiger partial charge in [-0.3, -0.25) is 0 Å². The normalized spacial score (nSPS) is 10.9. The van der Waals surface area contributed by atoms with E-state index < -0.39 is 11.8 Å². The summed E-state index contributed by atoms with van der Waals surface area (Å²) in [5.41, 5.74) is 2.17. The zero-order valence-electron chi connectivity index (χ0n) is 25.2. The molecule has 0 atom stereocenters. The van der Waals surface area contributed by atoms with Crippen LogP contribution in [0, 0.1) is 24.6 Å². The second-order valence-electron chi connectivity index (χ2n) is 10.1. The van der Waals surface area contributed by atoms with Gasteiger partial charge in [-0.25, -0.2) is 19.2 Å². The number of nitrogens with zero attached hydrogens (tertiary/aromatic N) is 5. The number of nitrogens with one attached hydrogen (secondary N) is 2. The Morgan fingerprint density at radius 1 is 1.11 bits per heavy atom. The minimum Gasteiger partial charge on any atom is -0.491 e. The minimum atomic E-state index is -1.15. The molecular weight excluding hydrogens is 630 g/mol. The molecule has 238 valence electrons. The molecule has 14 heteroatoms. The molecule has 5 rings (SSSR count). The summed E-state index contributed by atoms with van der Waals surface area (Å²) in [6.07, 6.45) is 1.20. The number of thiazole rings is 2. The lowest BCUT2D eigenvalue weighted by Crippen LogP contribution is -2.21. The number of aromatic nitrogens is 4. The quantitative estimate of drug-likeness (QED) is 0.0880. The molecule has 11 nitrogen and oxygen atoms in total. The number of hydrogen-bond donors (Lipinski definition) is 4. The molecule has 0 fully saturated rings. The number of carboxylic acids is 1. The van der Waals surface area contributed by atoms with Gasteiger partial charge < -0.3 is 30.5 Å². The van der Waals surface area contributed by atoms with Crippen molar-refractivity contribution in [2.24, 2.45) is 0 Å². The van der Waals surface area contributed by atoms with Crippen molar-refractivity contribution in [3.8, 4) is 17.6 Å². The predicted octanol–water partition coefficient (Wildman–Crippen LogP) is 5.54. The van der Waals surface area contributed by atoms with Gasteiger partial charge in [-0.05, 0) is 75.2 Å². The highest BCUT2D eigenvalue weighted by molar-refractivity contribution is 7.22. The first kappa shape index (κ1) is 32.7. The third-order valence-corrected chi connectivity index (χ3v) is 8.75.